The summed E-state index contributed by atoms with van der Waals surface area (Å²) in [6.45, 7) is 8.21. The lowest BCUT2D eigenvalue weighted by Crippen LogP contribution is -2.48. The average Bonchev–Trinajstić information content (AvgIpc) is 2.61. The Bertz CT molecular complexity index is 757. The van der Waals surface area contributed by atoms with Crippen LogP contribution in [0.5, 0.6) is 0 Å². The smallest absolute Gasteiger partial charge is 0.272 e. The third-order valence-corrected chi connectivity index (χ3v) is 4.93. The van der Waals surface area contributed by atoms with Crippen LogP contribution in [0, 0.1) is 13.8 Å². The predicted molar refractivity (Wildman–Crippen MR) is 101 cm³/mol. The summed E-state index contributed by atoms with van der Waals surface area (Å²) >= 11 is 1.46. The Morgan fingerprint density at radius 3 is 2.56 bits per heavy atom. The van der Waals surface area contributed by atoms with Crippen LogP contribution >= 0.6 is 11.8 Å². The molecule has 1 amide bonds. The molecule has 1 saturated heterocycles. The molecule has 1 fully saturated rings. The van der Waals surface area contributed by atoms with Crippen molar-refractivity contribution in [1.82, 2.24) is 19.8 Å². The molecule has 0 unspecified atom stereocenters. The van der Waals surface area contributed by atoms with Gasteiger partial charge in [-0.1, -0.05) is 41.6 Å². The van der Waals surface area contributed by atoms with E-state index in [4.69, 9.17) is 0 Å². The van der Waals surface area contributed by atoms with Crippen LogP contribution in [0.2, 0.25) is 0 Å². The first-order chi connectivity index (χ1) is 12.0. The maximum absolute atomic E-state index is 12.7. The van der Waals surface area contributed by atoms with E-state index in [1.807, 2.05) is 18.1 Å². The minimum atomic E-state index is 0.0102. The Morgan fingerprint density at radius 1 is 1.12 bits per heavy atom. The van der Waals surface area contributed by atoms with Gasteiger partial charge in [-0.2, -0.15) is 0 Å². The topological polar surface area (TPSA) is 49.3 Å². The molecule has 2 heterocycles. The van der Waals surface area contributed by atoms with E-state index in [2.05, 4.69) is 46.1 Å². The van der Waals surface area contributed by atoms with Crippen molar-refractivity contribution in [2.45, 2.75) is 25.5 Å². The van der Waals surface area contributed by atoms with E-state index >= 15 is 0 Å². The zero-order valence-electron chi connectivity index (χ0n) is 15.0. The molecule has 1 aromatic heterocycles. The van der Waals surface area contributed by atoms with Crippen molar-refractivity contribution in [3.8, 4) is 0 Å². The SMILES string of the molecule is CSc1nc(C)cc(C(=O)N2CCN(Cc3cccc(C)c3)CC2)n1. The van der Waals surface area contributed by atoms with Gasteiger partial charge in [0.15, 0.2) is 5.16 Å². The number of aromatic nitrogens is 2. The van der Waals surface area contributed by atoms with Gasteiger partial charge >= 0.3 is 0 Å². The minimum absolute atomic E-state index is 0.0102. The molecule has 0 saturated carbocycles. The first-order valence-corrected chi connectivity index (χ1v) is 9.74. The van der Waals surface area contributed by atoms with E-state index in [0.717, 1.165) is 38.4 Å². The first-order valence-electron chi connectivity index (χ1n) is 8.52. The standard InChI is InChI=1S/C19H24N4OS/c1-14-5-4-6-16(11-14)13-22-7-9-23(10-8-22)18(24)17-12-15(2)20-19(21-17)25-3/h4-6,11-12H,7-10,13H2,1-3H3. The largest absolute Gasteiger partial charge is 0.335 e. The van der Waals surface area contributed by atoms with Crippen LogP contribution in [0.1, 0.15) is 27.3 Å². The van der Waals surface area contributed by atoms with Crippen molar-refractivity contribution in [1.29, 1.82) is 0 Å². The molecule has 0 N–H and O–H groups in total. The fourth-order valence-electron chi connectivity index (χ4n) is 3.08. The number of rotatable bonds is 4. The molecule has 5 nitrogen and oxygen atoms in total. The van der Waals surface area contributed by atoms with Gasteiger partial charge in [-0.15, -0.1) is 0 Å². The van der Waals surface area contributed by atoms with Crippen LogP contribution in [0.15, 0.2) is 35.5 Å². The molecule has 0 spiro atoms. The number of hydrogen-bond donors (Lipinski definition) is 0. The van der Waals surface area contributed by atoms with Gasteiger partial charge in [0, 0.05) is 38.4 Å². The van der Waals surface area contributed by atoms with Gasteiger partial charge in [-0.3, -0.25) is 9.69 Å². The van der Waals surface area contributed by atoms with E-state index in [1.54, 1.807) is 6.07 Å². The van der Waals surface area contributed by atoms with Crippen LogP contribution < -0.4 is 0 Å². The number of hydrogen-bond acceptors (Lipinski definition) is 5. The zero-order chi connectivity index (χ0) is 17.8. The van der Waals surface area contributed by atoms with Gasteiger partial charge < -0.3 is 4.90 Å². The summed E-state index contributed by atoms with van der Waals surface area (Å²) in [7, 11) is 0. The molecule has 25 heavy (non-hydrogen) atoms. The molecule has 0 bridgehead atoms. The quantitative estimate of drug-likeness (QED) is 0.623. The number of thioether (sulfide) groups is 1. The molecular weight excluding hydrogens is 332 g/mol. The van der Waals surface area contributed by atoms with Crippen molar-refractivity contribution >= 4 is 17.7 Å². The van der Waals surface area contributed by atoms with Crippen molar-refractivity contribution < 1.29 is 4.79 Å². The number of nitrogens with zero attached hydrogens (tertiary/aromatic N) is 4. The number of aryl methyl sites for hydroxylation is 2. The second-order valence-corrected chi connectivity index (χ2v) is 7.21. The maximum Gasteiger partial charge on any atom is 0.272 e. The molecule has 0 aliphatic carbocycles. The lowest BCUT2D eigenvalue weighted by molar-refractivity contribution is 0.0621. The number of amides is 1. The van der Waals surface area contributed by atoms with Crippen molar-refractivity contribution in [2.75, 3.05) is 32.4 Å². The van der Waals surface area contributed by atoms with Crippen LogP contribution in [-0.4, -0.2) is 58.1 Å². The summed E-state index contributed by atoms with van der Waals surface area (Å²) in [5.41, 5.74) is 3.95. The molecule has 6 heteroatoms. The van der Waals surface area contributed by atoms with Gasteiger partial charge in [0.1, 0.15) is 5.69 Å². The molecule has 0 radical (unpaired) electrons. The molecule has 3 rings (SSSR count). The number of carbonyl (C=O) groups excluding carboxylic acids is 1. The van der Waals surface area contributed by atoms with E-state index in [1.165, 1.54) is 22.9 Å². The molecule has 0 atom stereocenters. The molecule has 1 aliphatic rings. The van der Waals surface area contributed by atoms with Crippen molar-refractivity contribution in [3.63, 3.8) is 0 Å². The van der Waals surface area contributed by atoms with Crippen LogP contribution in [-0.2, 0) is 6.54 Å². The Morgan fingerprint density at radius 2 is 1.88 bits per heavy atom. The van der Waals surface area contributed by atoms with Gasteiger partial charge in [0.05, 0.1) is 0 Å². The first kappa shape index (κ1) is 17.9. The number of carbonyl (C=O) groups is 1. The lowest BCUT2D eigenvalue weighted by atomic mass is 10.1. The van der Waals surface area contributed by atoms with Gasteiger partial charge in [-0.05, 0) is 31.7 Å². The highest BCUT2D eigenvalue weighted by atomic mass is 32.2. The second-order valence-electron chi connectivity index (χ2n) is 6.44. The van der Waals surface area contributed by atoms with Crippen molar-refractivity contribution in [2.24, 2.45) is 0 Å². The number of piperazine rings is 1. The monoisotopic (exact) mass is 356 g/mol. The van der Waals surface area contributed by atoms with E-state index in [0.29, 0.717) is 10.9 Å². The summed E-state index contributed by atoms with van der Waals surface area (Å²) in [5.74, 6) is 0.0102. The lowest BCUT2D eigenvalue weighted by Gasteiger charge is -2.34. The Kier molecular flexibility index (Phi) is 5.71. The van der Waals surface area contributed by atoms with Crippen LogP contribution in [0.4, 0.5) is 0 Å². The van der Waals surface area contributed by atoms with E-state index in [9.17, 15) is 4.79 Å². The Labute approximate surface area is 153 Å². The highest BCUT2D eigenvalue weighted by Crippen LogP contribution is 2.15. The molecule has 1 aliphatic heterocycles. The van der Waals surface area contributed by atoms with Gasteiger partial charge in [0.2, 0.25) is 0 Å². The third-order valence-electron chi connectivity index (χ3n) is 4.38. The summed E-state index contributed by atoms with van der Waals surface area (Å²) in [4.78, 5) is 25.7. The minimum Gasteiger partial charge on any atom is -0.335 e. The fraction of sp³-hybridized carbons (Fsp3) is 0.421. The predicted octanol–water partition coefficient (Wildman–Crippen LogP) is 2.77. The van der Waals surface area contributed by atoms with Crippen LogP contribution in [0.25, 0.3) is 0 Å². The van der Waals surface area contributed by atoms with E-state index < -0.39 is 0 Å². The highest BCUT2D eigenvalue weighted by Gasteiger charge is 2.23. The Balaban J connectivity index is 1.60. The molecule has 2 aromatic rings. The summed E-state index contributed by atoms with van der Waals surface area (Å²) in [6, 6.07) is 10.4. The summed E-state index contributed by atoms with van der Waals surface area (Å²) < 4.78 is 0. The van der Waals surface area contributed by atoms with E-state index in [-0.39, 0.29) is 5.91 Å². The van der Waals surface area contributed by atoms with Crippen molar-refractivity contribution in [3.05, 3.63) is 52.8 Å². The zero-order valence-corrected chi connectivity index (χ0v) is 15.8. The van der Waals surface area contributed by atoms with Crippen LogP contribution in [0.3, 0.4) is 0 Å². The molecule has 1 aromatic carbocycles. The van der Waals surface area contributed by atoms with Gasteiger partial charge in [0.25, 0.3) is 5.91 Å². The normalized spacial score (nSPS) is 15.4. The Hall–Kier alpha value is -1.92. The average molecular weight is 356 g/mol. The maximum atomic E-state index is 12.7. The summed E-state index contributed by atoms with van der Waals surface area (Å²) in [6.07, 6.45) is 1.92. The molecular formula is C19H24N4OS. The van der Waals surface area contributed by atoms with Gasteiger partial charge in [-0.25, -0.2) is 9.97 Å². The molecule has 132 valence electrons. The second kappa shape index (κ2) is 7.97. The number of benzene rings is 1. The fourth-order valence-corrected chi connectivity index (χ4v) is 3.51. The highest BCUT2D eigenvalue weighted by molar-refractivity contribution is 7.98. The summed E-state index contributed by atoms with van der Waals surface area (Å²) in [5, 5.41) is 0.654. The third kappa shape index (κ3) is 4.58.